The molecule has 2 heterocycles. The first-order chi connectivity index (χ1) is 14.9. The Kier molecular flexibility index (Phi) is 7.89. The zero-order chi connectivity index (χ0) is 22.4. The minimum absolute atomic E-state index is 0.0185. The molecule has 1 aromatic carbocycles. The molecule has 1 aliphatic carbocycles. The maximum absolute atomic E-state index is 12.5. The van der Waals surface area contributed by atoms with Crippen LogP contribution in [0.3, 0.4) is 0 Å². The number of nitrogens with two attached hydrogens (primary N) is 1. The van der Waals surface area contributed by atoms with Crippen LogP contribution in [0.2, 0.25) is 0 Å². The molecule has 0 bridgehead atoms. The Balaban J connectivity index is 0.000000391. The fourth-order valence-corrected chi connectivity index (χ4v) is 4.01. The Labute approximate surface area is 188 Å². The first-order valence-corrected chi connectivity index (χ1v) is 12.0. The molecule has 2 atom stereocenters. The summed E-state index contributed by atoms with van der Waals surface area (Å²) in [5.41, 5.74) is 10.3. The molecule has 0 spiro atoms. The van der Waals surface area contributed by atoms with Crippen LogP contribution in [0, 0.1) is 6.92 Å². The highest BCUT2D eigenvalue weighted by atomic mass is 32.2. The molecule has 0 aliphatic heterocycles. The van der Waals surface area contributed by atoms with Gasteiger partial charge in [-0.25, -0.2) is 4.98 Å². The van der Waals surface area contributed by atoms with Crippen molar-refractivity contribution in [1.82, 2.24) is 15.3 Å². The maximum Gasteiger partial charge on any atom is 0.251 e. The fourth-order valence-electron chi connectivity index (χ4n) is 2.87. The second-order valence-corrected chi connectivity index (χ2v) is 9.41. The molecule has 9 heteroatoms. The summed E-state index contributed by atoms with van der Waals surface area (Å²) in [6, 6.07) is 9.47. The van der Waals surface area contributed by atoms with Crippen molar-refractivity contribution in [2.45, 2.75) is 44.4 Å². The van der Waals surface area contributed by atoms with Gasteiger partial charge in [-0.1, -0.05) is 30.1 Å². The number of pyridine rings is 1. The molecule has 1 aliphatic rings. The van der Waals surface area contributed by atoms with Gasteiger partial charge in [0.2, 0.25) is 0 Å². The van der Waals surface area contributed by atoms with Crippen molar-refractivity contribution < 1.29 is 13.6 Å². The van der Waals surface area contributed by atoms with Gasteiger partial charge in [0.05, 0.1) is 11.7 Å². The monoisotopic (exact) mass is 457 g/mol. The normalized spacial score (nSPS) is 14.8. The number of carbonyl (C=O) groups excluding carboxylic acids is 1. The van der Waals surface area contributed by atoms with Crippen LogP contribution >= 0.6 is 11.3 Å². The van der Waals surface area contributed by atoms with Crippen LogP contribution in [0.5, 0.6) is 0 Å². The third kappa shape index (κ3) is 6.68. The molecule has 7 nitrogen and oxygen atoms in total. The molecule has 1 amide bonds. The number of hydrogen-bond acceptors (Lipinski definition) is 7. The van der Waals surface area contributed by atoms with Crippen molar-refractivity contribution in [3.8, 4) is 11.1 Å². The number of anilines is 1. The van der Waals surface area contributed by atoms with Crippen molar-refractivity contribution in [2.24, 2.45) is 0 Å². The predicted octanol–water partition coefficient (Wildman–Crippen LogP) is 4.00. The second-order valence-electron chi connectivity index (χ2n) is 7.33. The lowest BCUT2D eigenvalue weighted by atomic mass is 10.0. The molecule has 0 radical (unpaired) electrons. The second kappa shape index (κ2) is 10.6. The maximum atomic E-state index is 12.5. The lowest BCUT2D eigenvalue weighted by Crippen LogP contribution is -2.28. The molecule has 2 aromatic heterocycles. The third-order valence-electron chi connectivity index (χ3n) is 4.76. The topological polar surface area (TPSA) is 121 Å². The van der Waals surface area contributed by atoms with Crippen molar-refractivity contribution in [1.29, 1.82) is 0 Å². The van der Waals surface area contributed by atoms with E-state index in [4.69, 9.17) is 5.73 Å². The van der Waals surface area contributed by atoms with E-state index in [1.165, 1.54) is 11.3 Å². The van der Waals surface area contributed by atoms with E-state index < -0.39 is 11.1 Å². The van der Waals surface area contributed by atoms with Gasteiger partial charge in [-0.05, 0) is 55.5 Å². The summed E-state index contributed by atoms with van der Waals surface area (Å²) in [7, 11) is 0. The lowest BCUT2D eigenvalue weighted by molar-refractivity contribution is 0.0935. The molecule has 3 N–H and O–H groups in total. The van der Waals surface area contributed by atoms with E-state index in [1.54, 1.807) is 0 Å². The van der Waals surface area contributed by atoms with E-state index in [1.807, 2.05) is 55.9 Å². The Bertz CT molecular complexity index is 1050. The van der Waals surface area contributed by atoms with Crippen LogP contribution in [0.25, 0.3) is 11.1 Å². The van der Waals surface area contributed by atoms with Crippen LogP contribution in [0.15, 0.2) is 48.1 Å². The van der Waals surface area contributed by atoms with Gasteiger partial charge in [0.1, 0.15) is 0 Å². The molecule has 164 valence electrons. The van der Waals surface area contributed by atoms with Crippen LogP contribution < -0.4 is 11.1 Å². The average molecular weight is 458 g/mol. The average Bonchev–Trinajstić information content (AvgIpc) is 3.54. The quantitative estimate of drug-likeness (QED) is 0.540. The number of hydrogen-bond donors (Lipinski definition) is 2. The number of aryl methyl sites for hydroxylation is 1. The number of benzene rings is 1. The summed E-state index contributed by atoms with van der Waals surface area (Å²) in [5, 5.41) is 5.44. The molecule has 4 rings (SSSR count). The molecular weight excluding hydrogens is 432 g/mol. The highest BCUT2D eigenvalue weighted by molar-refractivity contribution is 7.80. The molecule has 3 aromatic rings. The number of carbonyl (C=O) groups is 1. The van der Waals surface area contributed by atoms with Crippen LogP contribution in [-0.4, -0.2) is 29.9 Å². The van der Waals surface area contributed by atoms with E-state index in [-0.39, 0.29) is 17.2 Å². The number of amides is 1. The predicted molar refractivity (Wildman–Crippen MR) is 123 cm³/mol. The number of nitrogen functional groups attached to an aromatic ring is 1. The first-order valence-electron chi connectivity index (χ1n) is 9.99. The fraction of sp³-hybridized carbons (Fsp3) is 0.318. The van der Waals surface area contributed by atoms with Gasteiger partial charge >= 0.3 is 0 Å². The Morgan fingerprint density at radius 2 is 2.00 bits per heavy atom. The Morgan fingerprint density at radius 3 is 2.48 bits per heavy atom. The first kappa shape index (κ1) is 23.1. The molecule has 31 heavy (non-hydrogen) atoms. The van der Waals surface area contributed by atoms with Crippen LogP contribution in [-0.2, 0) is 11.1 Å². The molecule has 2 unspecified atom stereocenters. The van der Waals surface area contributed by atoms with E-state index in [2.05, 4.69) is 21.4 Å². The van der Waals surface area contributed by atoms with Gasteiger partial charge in [-0.15, -0.1) is 11.3 Å². The molecule has 1 saturated carbocycles. The highest BCUT2D eigenvalue weighted by Gasteiger charge is 2.21. The standard InChI is InChI=1S/C19H20N4OS.C3H6O2S/c1-3-16(17-11-25-19(20)23-17)22-18(24)14-6-4-13(5-7-14)15-8-12(2)9-21-10-15;4-6(5)3-1-2-3/h4-11,16H,3H2,1-2H3,(H2,20,23)(H,22,24);3H,1-2H2,(H,4,5)/p-1. The van der Waals surface area contributed by atoms with Crippen molar-refractivity contribution in [3.63, 3.8) is 0 Å². The van der Waals surface area contributed by atoms with Gasteiger partial charge in [0.25, 0.3) is 5.91 Å². The number of nitrogens with one attached hydrogen (secondary N) is 1. The zero-order valence-electron chi connectivity index (χ0n) is 17.4. The summed E-state index contributed by atoms with van der Waals surface area (Å²) in [5.74, 6) is -0.118. The summed E-state index contributed by atoms with van der Waals surface area (Å²) < 4.78 is 19.5. The number of thiazole rings is 1. The van der Waals surface area contributed by atoms with Crippen molar-refractivity contribution in [3.05, 3.63) is 64.9 Å². The molecular formula is C22H25N4O3S2-. The van der Waals surface area contributed by atoms with Crippen LogP contribution in [0.4, 0.5) is 5.13 Å². The van der Waals surface area contributed by atoms with Gasteiger partial charge in [-0.3, -0.25) is 14.0 Å². The van der Waals surface area contributed by atoms with Gasteiger partial charge in [-0.2, -0.15) is 0 Å². The van der Waals surface area contributed by atoms with Gasteiger partial charge in [0.15, 0.2) is 5.13 Å². The largest absolute Gasteiger partial charge is 0.772 e. The lowest BCUT2D eigenvalue weighted by Gasteiger charge is -2.15. The SMILES string of the molecule is CCC(NC(=O)c1ccc(-c2cncc(C)c2)cc1)c1csc(N)n1.O=S([O-])C1CC1. The van der Waals surface area contributed by atoms with E-state index >= 15 is 0 Å². The highest BCUT2D eigenvalue weighted by Crippen LogP contribution is 2.24. The summed E-state index contributed by atoms with van der Waals surface area (Å²) >= 11 is -0.375. The van der Waals surface area contributed by atoms with E-state index in [9.17, 15) is 13.6 Å². The summed E-state index contributed by atoms with van der Waals surface area (Å²) in [6.45, 7) is 4.02. The molecule has 1 fully saturated rings. The van der Waals surface area contributed by atoms with Gasteiger partial charge in [0, 0.05) is 34.2 Å². The number of rotatable bonds is 6. The van der Waals surface area contributed by atoms with Gasteiger partial charge < -0.3 is 15.6 Å². The zero-order valence-corrected chi connectivity index (χ0v) is 19.0. The van der Waals surface area contributed by atoms with Crippen molar-refractivity contribution in [2.75, 3.05) is 5.73 Å². The Morgan fingerprint density at radius 1 is 1.29 bits per heavy atom. The van der Waals surface area contributed by atoms with E-state index in [0.717, 1.165) is 41.6 Å². The van der Waals surface area contributed by atoms with E-state index in [0.29, 0.717) is 10.7 Å². The minimum atomic E-state index is -1.76. The Hall–Kier alpha value is -2.62. The molecule has 0 saturated heterocycles. The van der Waals surface area contributed by atoms with Crippen LogP contribution in [0.1, 0.15) is 53.8 Å². The number of nitrogens with zero attached hydrogens (tertiary/aromatic N) is 2. The number of aromatic nitrogens is 2. The van der Waals surface area contributed by atoms with Crippen molar-refractivity contribution >= 4 is 33.5 Å². The smallest absolute Gasteiger partial charge is 0.251 e. The third-order valence-corrected chi connectivity index (χ3v) is 6.47. The minimum Gasteiger partial charge on any atom is -0.772 e. The summed E-state index contributed by atoms with van der Waals surface area (Å²) in [6.07, 6.45) is 6.16. The summed E-state index contributed by atoms with van der Waals surface area (Å²) in [4.78, 5) is 21.0.